The van der Waals surface area contributed by atoms with E-state index in [1.165, 1.54) is 16.9 Å². The van der Waals surface area contributed by atoms with Gasteiger partial charge in [-0.2, -0.15) is 0 Å². The zero-order valence-electron chi connectivity index (χ0n) is 20.6. The fraction of sp³-hybridized carbons (Fsp3) is 0.310. The SMILES string of the molecule is N[C@@H](Cc1ccc(C(=O)N2CCOCC2)cc1)C(=O)N[C@H](C=Cc1ccc(Cl)s1)CCc1ccccc1. The lowest BCUT2D eigenvalue weighted by Crippen LogP contribution is -2.46. The van der Waals surface area contributed by atoms with Crippen LogP contribution in [0.3, 0.4) is 0 Å². The normalized spacial score (nSPS) is 15.5. The largest absolute Gasteiger partial charge is 0.378 e. The third kappa shape index (κ3) is 8.27. The molecule has 8 heteroatoms. The van der Waals surface area contributed by atoms with Gasteiger partial charge in [0.15, 0.2) is 0 Å². The Morgan fingerprint density at radius 2 is 1.76 bits per heavy atom. The van der Waals surface area contributed by atoms with E-state index in [9.17, 15) is 9.59 Å². The lowest BCUT2D eigenvalue weighted by Gasteiger charge is -2.26. The molecular weight excluding hydrogens is 506 g/mol. The maximum atomic E-state index is 13.0. The van der Waals surface area contributed by atoms with Gasteiger partial charge in [-0.05, 0) is 60.7 Å². The number of nitrogens with zero attached hydrogens (tertiary/aromatic N) is 1. The number of nitrogens with two attached hydrogens (primary N) is 1. The summed E-state index contributed by atoms with van der Waals surface area (Å²) in [5.41, 5.74) is 9.04. The number of carbonyl (C=O) groups is 2. The average Bonchev–Trinajstić information content (AvgIpc) is 3.36. The summed E-state index contributed by atoms with van der Waals surface area (Å²) in [4.78, 5) is 28.5. The molecule has 37 heavy (non-hydrogen) atoms. The predicted octanol–water partition coefficient (Wildman–Crippen LogP) is 4.57. The highest BCUT2D eigenvalue weighted by Crippen LogP contribution is 2.23. The van der Waals surface area contributed by atoms with E-state index in [1.807, 2.05) is 54.6 Å². The van der Waals surface area contributed by atoms with Crippen molar-refractivity contribution in [2.24, 2.45) is 5.73 Å². The number of aryl methyl sites for hydroxylation is 1. The minimum absolute atomic E-state index is 0.00281. The van der Waals surface area contributed by atoms with E-state index in [-0.39, 0.29) is 17.9 Å². The molecule has 2 atom stereocenters. The number of ether oxygens (including phenoxy) is 1. The van der Waals surface area contributed by atoms with Crippen molar-refractivity contribution >= 4 is 40.8 Å². The van der Waals surface area contributed by atoms with Gasteiger partial charge in [-0.1, -0.05) is 60.1 Å². The summed E-state index contributed by atoms with van der Waals surface area (Å²) in [5, 5.41) is 3.11. The van der Waals surface area contributed by atoms with Crippen LogP contribution in [0.1, 0.15) is 32.8 Å². The molecule has 1 aliphatic heterocycles. The van der Waals surface area contributed by atoms with Gasteiger partial charge >= 0.3 is 0 Å². The lowest BCUT2D eigenvalue weighted by molar-refractivity contribution is -0.122. The number of amides is 2. The molecule has 0 unspecified atom stereocenters. The summed E-state index contributed by atoms with van der Waals surface area (Å²) in [7, 11) is 0. The number of benzene rings is 2. The van der Waals surface area contributed by atoms with Crippen molar-refractivity contribution in [2.45, 2.75) is 31.3 Å². The van der Waals surface area contributed by atoms with Crippen molar-refractivity contribution in [1.29, 1.82) is 0 Å². The summed E-state index contributed by atoms with van der Waals surface area (Å²) in [6, 6.07) is 20.5. The molecule has 3 aromatic rings. The number of rotatable bonds is 10. The molecule has 2 heterocycles. The molecule has 2 aromatic carbocycles. The van der Waals surface area contributed by atoms with E-state index < -0.39 is 6.04 Å². The Morgan fingerprint density at radius 1 is 1.03 bits per heavy atom. The zero-order chi connectivity index (χ0) is 26.0. The van der Waals surface area contributed by atoms with Crippen LogP contribution in [0.25, 0.3) is 6.08 Å². The Kier molecular flexibility index (Phi) is 9.91. The van der Waals surface area contributed by atoms with Crippen molar-refractivity contribution in [2.75, 3.05) is 26.3 Å². The van der Waals surface area contributed by atoms with Crippen LogP contribution >= 0.6 is 22.9 Å². The summed E-state index contributed by atoms with van der Waals surface area (Å²) < 4.78 is 6.05. The first-order valence-electron chi connectivity index (χ1n) is 12.5. The van der Waals surface area contributed by atoms with Gasteiger partial charge in [0.2, 0.25) is 5.91 Å². The van der Waals surface area contributed by atoms with Crippen LogP contribution in [0.4, 0.5) is 0 Å². The second-order valence-electron chi connectivity index (χ2n) is 9.05. The highest BCUT2D eigenvalue weighted by Gasteiger charge is 2.20. The van der Waals surface area contributed by atoms with Gasteiger partial charge in [0.25, 0.3) is 5.91 Å². The minimum atomic E-state index is -0.704. The molecule has 6 nitrogen and oxygen atoms in total. The van der Waals surface area contributed by atoms with Gasteiger partial charge in [-0.25, -0.2) is 0 Å². The van der Waals surface area contributed by atoms with Crippen molar-refractivity contribution in [1.82, 2.24) is 10.2 Å². The molecule has 2 amide bonds. The zero-order valence-corrected chi connectivity index (χ0v) is 22.2. The smallest absolute Gasteiger partial charge is 0.254 e. The molecule has 1 aliphatic rings. The summed E-state index contributed by atoms with van der Waals surface area (Å²) in [6.45, 7) is 2.34. The standard InChI is InChI=1S/C29H32ClN3O3S/c30-27-15-14-25(37-27)13-12-24(11-8-21-4-2-1-3-5-21)32-28(34)26(31)20-22-6-9-23(10-7-22)29(35)33-16-18-36-19-17-33/h1-7,9-10,12-15,24,26H,8,11,16-20,31H2,(H,32,34)/t24-,26-/m0/s1. The van der Waals surface area contributed by atoms with Crippen LogP contribution < -0.4 is 11.1 Å². The van der Waals surface area contributed by atoms with E-state index >= 15 is 0 Å². The topological polar surface area (TPSA) is 84.7 Å². The van der Waals surface area contributed by atoms with Crippen LogP contribution in [0.2, 0.25) is 4.34 Å². The lowest BCUT2D eigenvalue weighted by atomic mass is 10.0. The fourth-order valence-electron chi connectivity index (χ4n) is 4.18. The maximum absolute atomic E-state index is 13.0. The third-order valence-electron chi connectivity index (χ3n) is 6.29. The van der Waals surface area contributed by atoms with E-state index in [1.54, 1.807) is 17.0 Å². The Morgan fingerprint density at radius 3 is 2.43 bits per heavy atom. The molecule has 1 aromatic heterocycles. The van der Waals surface area contributed by atoms with E-state index in [0.717, 1.165) is 27.6 Å². The fourth-order valence-corrected chi connectivity index (χ4v) is 5.16. The second kappa shape index (κ2) is 13.5. The van der Waals surface area contributed by atoms with Crippen molar-refractivity contribution < 1.29 is 14.3 Å². The summed E-state index contributed by atoms with van der Waals surface area (Å²) >= 11 is 7.55. The van der Waals surface area contributed by atoms with Crippen molar-refractivity contribution in [3.8, 4) is 0 Å². The van der Waals surface area contributed by atoms with E-state index in [4.69, 9.17) is 22.1 Å². The van der Waals surface area contributed by atoms with Crippen LogP contribution in [0.5, 0.6) is 0 Å². The van der Waals surface area contributed by atoms with Crippen LogP contribution in [0, 0.1) is 0 Å². The molecular formula is C29H32ClN3O3S. The second-order valence-corrected chi connectivity index (χ2v) is 10.8. The molecule has 0 spiro atoms. The first-order chi connectivity index (χ1) is 18.0. The van der Waals surface area contributed by atoms with Crippen LogP contribution in [-0.4, -0.2) is 55.1 Å². The highest BCUT2D eigenvalue weighted by molar-refractivity contribution is 7.17. The minimum Gasteiger partial charge on any atom is -0.378 e. The quantitative estimate of drug-likeness (QED) is 0.396. The number of hydrogen-bond donors (Lipinski definition) is 2. The number of morpholine rings is 1. The molecule has 0 saturated carbocycles. The Balaban J connectivity index is 1.35. The first kappa shape index (κ1) is 27.1. The number of nitrogens with one attached hydrogen (secondary N) is 1. The monoisotopic (exact) mass is 537 g/mol. The number of thiophene rings is 1. The van der Waals surface area contributed by atoms with Gasteiger partial charge in [0, 0.05) is 29.6 Å². The molecule has 0 aliphatic carbocycles. The van der Waals surface area contributed by atoms with Gasteiger partial charge < -0.3 is 20.7 Å². The number of halogens is 1. The molecule has 1 fully saturated rings. The summed E-state index contributed by atoms with van der Waals surface area (Å²) in [5.74, 6) is -0.211. The molecule has 1 saturated heterocycles. The molecule has 4 rings (SSSR count). The van der Waals surface area contributed by atoms with Crippen molar-refractivity contribution in [3.05, 3.63) is 98.7 Å². The summed E-state index contributed by atoms with van der Waals surface area (Å²) in [6.07, 6.45) is 5.95. The Labute approximate surface area is 227 Å². The first-order valence-corrected chi connectivity index (χ1v) is 13.7. The van der Waals surface area contributed by atoms with Crippen LogP contribution in [0.15, 0.2) is 72.8 Å². The molecule has 194 valence electrons. The Bertz CT molecular complexity index is 1190. The van der Waals surface area contributed by atoms with Gasteiger partial charge in [0.05, 0.1) is 23.6 Å². The van der Waals surface area contributed by atoms with Gasteiger partial charge in [0.1, 0.15) is 0 Å². The molecule has 0 bridgehead atoms. The maximum Gasteiger partial charge on any atom is 0.254 e. The number of carbonyl (C=O) groups excluding carboxylic acids is 2. The van der Waals surface area contributed by atoms with Crippen LogP contribution in [-0.2, 0) is 22.4 Å². The number of hydrogen-bond acceptors (Lipinski definition) is 5. The van der Waals surface area contributed by atoms with E-state index in [2.05, 4.69) is 17.4 Å². The van der Waals surface area contributed by atoms with Crippen molar-refractivity contribution in [3.63, 3.8) is 0 Å². The molecule has 0 radical (unpaired) electrons. The molecule has 3 N–H and O–H groups in total. The Hall–Kier alpha value is -2.97. The van der Waals surface area contributed by atoms with Gasteiger partial charge in [-0.15, -0.1) is 11.3 Å². The third-order valence-corrected chi connectivity index (χ3v) is 7.49. The van der Waals surface area contributed by atoms with Gasteiger partial charge in [-0.3, -0.25) is 9.59 Å². The highest BCUT2D eigenvalue weighted by atomic mass is 35.5. The average molecular weight is 538 g/mol. The van der Waals surface area contributed by atoms with E-state index in [0.29, 0.717) is 38.3 Å². The predicted molar refractivity (Wildman–Crippen MR) is 150 cm³/mol.